The molecule has 22 heavy (non-hydrogen) atoms. The van der Waals surface area contributed by atoms with Crippen LogP contribution in [0.2, 0.25) is 0 Å². The highest BCUT2D eigenvalue weighted by Crippen LogP contribution is 2.23. The summed E-state index contributed by atoms with van der Waals surface area (Å²) in [5.74, 6) is -0.0425. The van der Waals surface area contributed by atoms with Crippen LogP contribution in [0, 0.1) is 5.41 Å². The van der Waals surface area contributed by atoms with E-state index in [2.05, 4.69) is 0 Å². The van der Waals surface area contributed by atoms with Crippen molar-refractivity contribution in [3.05, 3.63) is 54.1 Å². The number of ether oxygens (including phenoxy) is 1. The molecular formula is C17H18N2O3. The van der Waals surface area contributed by atoms with Gasteiger partial charge in [-0.15, -0.1) is 0 Å². The van der Waals surface area contributed by atoms with Crippen molar-refractivity contribution in [2.75, 3.05) is 6.61 Å². The van der Waals surface area contributed by atoms with Gasteiger partial charge in [-0.2, -0.15) is 0 Å². The molecule has 0 aliphatic heterocycles. The molecule has 0 spiro atoms. The number of hydrogen-bond acceptors (Lipinski definition) is 3. The number of carbonyl (C=O) groups is 1. The molecular weight excluding hydrogens is 280 g/mol. The zero-order chi connectivity index (χ0) is 15.9. The Balaban J connectivity index is 1.96. The average Bonchev–Trinajstić information content (AvgIpc) is 2.52. The molecule has 0 fully saturated rings. The summed E-state index contributed by atoms with van der Waals surface area (Å²) in [6.45, 7) is 0.388. The topological polar surface area (TPSA) is 96.4 Å². The molecule has 0 amide bonds. The van der Waals surface area contributed by atoms with Crippen molar-refractivity contribution in [3.63, 3.8) is 0 Å². The molecule has 4 N–H and O–H groups in total. The zero-order valence-corrected chi connectivity index (χ0v) is 12.1. The highest BCUT2D eigenvalue weighted by atomic mass is 16.5. The van der Waals surface area contributed by atoms with Crippen LogP contribution in [0.4, 0.5) is 0 Å². The van der Waals surface area contributed by atoms with Crippen LogP contribution in [0.5, 0.6) is 5.75 Å². The Bertz CT molecular complexity index is 649. The van der Waals surface area contributed by atoms with E-state index >= 15 is 0 Å². The average molecular weight is 298 g/mol. The van der Waals surface area contributed by atoms with Crippen LogP contribution < -0.4 is 10.5 Å². The molecule has 5 heteroatoms. The summed E-state index contributed by atoms with van der Waals surface area (Å²) in [4.78, 5) is 10.4. The van der Waals surface area contributed by atoms with Crippen LogP contribution >= 0.6 is 0 Å². The molecule has 0 aliphatic rings. The number of nitrogen functional groups attached to an aromatic ring is 1. The summed E-state index contributed by atoms with van der Waals surface area (Å²) in [6.07, 6.45) is 0.601. The quantitative estimate of drug-likeness (QED) is 0.416. The number of amidine groups is 1. The smallest absolute Gasteiger partial charge is 0.303 e. The van der Waals surface area contributed by atoms with Crippen molar-refractivity contribution >= 4 is 11.8 Å². The van der Waals surface area contributed by atoms with Crippen LogP contribution in [0.15, 0.2) is 48.5 Å². The first-order chi connectivity index (χ1) is 10.6. The molecule has 0 saturated carbocycles. The first-order valence-electron chi connectivity index (χ1n) is 6.96. The lowest BCUT2D eigenvalue weighted by atomic mass is 10.0. The SMILES string of the molecule is N=C(N)c1ccc(-c2ccc(OCCCC(=O)O)cc2)cc1. The third-order valence-electron chi connectivity index (χ3n) is 3.19. The molecule has 0 saturated heterocycles. The molecule has 0 aromatic heterocycles. The van der Waals surface area contributed by atoms with Gasteiger partial charge in [-0.25, -0.2) is 0 Å². The number of aliphatic carboxylic acids is 1. The van der Waals surface area contributed by atoms with Gasteiger partial charge in [-0.3, -0.25) is 10.2 Å². The fourth-order valence-corrected chi connectivity index (χ4v) is 2.00. The molecule has 0 heterocycles. The molecule has 0 radical (unpaired) electrons. The number of benzene rings is 2. The second-order valence-electron chi connectivity index (χ2n) is 4.86. The third kappa shape index (κ3) is 4.34. The van der Waals surface area contributed by atoms with Gasteiger partial charge in [0, 0.05) is 12.0 Å². The van der Waals surface area contributed by atoms with Gasteiger partial charge in [-0.1, -0.05) is 36.4 Å². The minimum Gasteiger partial charge on any atom is -0.494 e. The number of nitrogens with one attached hydrogen (secondary N) is 1. The monoisotopic (exact) mass is 298 g/mol. The van der Waals surface area contributed by atoms with Gasteiger partial charge >= 0.3 is 5.97 Å². The van der Waals surface area contributed by atoms with Gasteiger partial charge in [0.2, 0.25) is 0 Å². The Labute approximate surface area is 128 Å². The largest absolute Gasteiger partial charge is 0.494 e. The summed E-state index contributed by atoms with van der Waals surface area (Å²) in [5, 5.41) is 15.9. The van der Waals surface area contributed by atoms with E-state index in [1.54, 1.807) is 0 Å². The Kier molecular flexibility index (Phi) is 5.14. The van der Waals surface area contributed by atoms with E-state index in [0.29, 0.717) is 18.6 Å². The Morgan fingerprint density at radius 2 is 1.59 bits per heavy atom. The molecule has 0 bridgehead atoms. The molecule has 2 aromatic carbocycles. The maximum absolute atomic E-state index is 10.4. The van der Waals surface area contributed by atoms with Gasteiger partial charge in [-0.05, 0) is 29.7 Å². The number of carboxylic acid groups (broad SMARTS) is 1. The summed E-state index contributed by atoms with van der Waals surface area (Å²) in [5.41, 5.74) is 8.19. The lowest BCUT2D eigenvalue weighted by Gasteiger charge is -2.07. The van der Waals surface area contributed by atoms with E-state index < -0.39 is 5.97 Å². The van der Waals surface area contributed by atoms with Crippen LogP contribution in [0.25, 0.3) is 11.1 Å². The second kappa shape index (κ2) is 7.26. The van der Waals surface area contributed by atoms with Crippen molar-refractivity contribution in [3.8, 4) is 16.9 Å². The highest BCUT2D eigenvalue weighted by Gasteiger charge is 2.02. The molecule has 114 valence electrons. The molecule has 0 unspecified atom stereocenters. The maximum Gasteiger partial charge on any atom is 0.303 e. The number of hydrogen-bond donors (Lipinski definition) is 3. The van der Waals surface area contributed by atoms with E-state index in [1.807, 2.05) is 48.5 Å². The van der Waals surface area contributed by atoms with E-state index in [4.69, 9.17) is 21.0 Å². The van der Waals surface area contributed by atoms with Crippen LogP contribution in [-0.4, -0.2) is 23.5 Å². The van der Waals surface area contributed by atoms with E-state index in [-0.39, 0.29) is 12.3 Å². The molecule has 5 nitrogen and oxygen atoms in total. The molecule has 2 aromatic rings. The third-order valence-corrected chi connectivity index (χ3v) is 3.19. The maximum atomic E-state index is 10.4. The number of carboxylic acids is 1. The van der Waals surface area contributed by atoms with E-state index in [1.165, 1.54) is 0 Å². The minimum atomic E-state index is -0.812. The van der Waals surface area contributed by atoms with Crippen molar-refractivity contribution in [1.82, 2.24) is 0 Å². The van der Waals surface area contributed by atoms with Gasteiger partial charge in [0.25, 0.3) is 0 Å². The summed E-state index contributed by atoms with van der Waals surface area (Å²) in [7, 11) is 0. The fraction of sp³-hybridized carbons (Fsp3) is 0.176. The molecule has 2 rings (SSSR count). The standard InChI is InChI=1S/C17H18N2O3/c18-17(19)14-5-3-12(4-6-14)13-7-9-15(10-8-13)22-11-1-2-16(20)21/h3-10H,1-2,11H2,(H3,18,19)(H,20,21). The lowest BCUT2D eigenvalue weighted by molar-refractivity contribution is -0.137. The zero-order valence-electron chi connectivity index (χ0n) is 12.1. The van der Waals surface area contributed by atoms with Gasteiger partial charge in [0.15, 0.2) is 0 Å². The molecule has 0 aliphatic carbocycles. The van der Waals surface area contributed by atoms with Gasteiger partial charge in [0.05, 0.1) is 6.61 Å². The van der Waals surface area contributed by atoms with E-state index in [0.717, 1.165) is 16.9 Å². The summed E-state index contributed by atoms with van der Waals surface area (Å²) in [6, 6.07) is 15.1. The van der Waals surface area contributed by atoms with E-state index in [9.17, 15) is 4.79 Å². The van der Waals surface area contributed by atoms with Crippen molar-refractivity contribution < 1.29 is 14.6 Å². The first-order valence-corrected chi connectivity index (χ1v) is 6.96. The predicted octanol–water partition coefficient (Wildman–Crippen LogP) is 2.88. The Hall–Kier alpha value is -2.82. The summed E-state index contributed by atoms with van der Waals surface area (Å²) < 4.78 is 5.49. The number of nitrogens with two attached hydrogens (primary N) is 1. The minimum absolute atomic E-state index is 0.0525. The number of rotatable bonds is 7. The second-order valence-corrected chi connectivity index (χ2v) is 4.86. The van der Waals surface area contributed by atoms with Gasteiger partial charge < -0.3 is 15.6 Å². The first kappa shape index (κ1) is 15.6. The predicted molar refractivity (Wildman–Crippen MR) is 85.3 cm³/mol. The molecule has 0 atom stereocenters. The van der Waals surface area contributed by atoms with Gasteiger partial charge in [0.1, 0.15) is 11.6 Å². The fourth-order valence-electron chi connectivity index (χ4n) is 2.00. The van der Waals surface area contributed by atoms with Crippen molar-refractivity contribution in [2.24, 2.45) is 5.73 Å². The van der Waals surface area contributed by atoms with Crippen LogP contribution in [0.3, 0.4) is 0 Å². The Morgan fingerprint density at radius 3 is 2.09 bits per heavy atom. The van der Waals surface area contributed by atoms with Crippen molar-refractivity contribution in [1.29, 1.82) is 5.41 Å². The summed E-state index contributed by atoms with van der Waals surface area (Å²) >= 11 is 0. The highest BCUT2D eigenvalue weighted by molar-refractivity contribution is 5.95. The lowest BCUT2D eigenvalue weighted by Crippen LogP contribution is -2.10. The van der Waals surface area contributed by atoms with Crippen LogP contribution in [0.1, 0.15) is 18.4 Å². The Morgan fingerprint density at radius 1 is 1.05 bits per heavy atom. The normalized spacial score (nSPS) is 10.2. The van der Waals surface area contributed by atoms with Crippen LogP contribution in [-0.2, 0) is 4.79 Å². The van der Waals surface area contributed by atoms with Crippen molar-refractivity contribution in [2.45, 2.75) is 12.8 Å².